The van der Waals surface area contributed by atoms with Gasteiger partial charge in [0.25, 0.3) is 0 Å². The first kappa shape index (κ1) is 27.8. The summed E-state index contributed by atoms with van der Waals surface area (Å²) in [7, 11) is 5.83. The summed E-state index contributed by atoms with van der Waals surface area (Å²) >= 11 is 0. The number of nitrogens with zero attached hydrogens (tertiary/aromatic N) is 3. The van der Waals surface area contributed by atoms with Gasteiger partial charge in [0.1, 0.15) is 16.7 Å². The summed E-state index contributed by atoms with van der Waals surface area (Å²) in [6, 6.07) is 10.2. The normalized spacial score (nSPS) is 14.1. The van der Waals surface area contributed by atoms with Crippen molar-refractivity contribution < 1.29 is 18.5 Å². The van der Waals surface area contributed by atoms with E-state index in [1.807, 2.05) is 26.0 Å². The Hall–Kier alpha value is -2.75. The Morgan fingerprint density at radius 1 is 1.08 bits per heavy atom. The van der Waals surface area contributed by atoms with E-state index in [9.17, 15) is 13.8 Å². The Bertz CT molecular complexity index is 1110. The van der Waals surface area contributed by atoms with Crippen molar-refractivity contribution in [3.8, 4) is 5.75 Å². The maximum absolute atomic E-state index is 13.1. The van der Waals surface area contributed by atoms with Crippen LogP contribution in [0.3, 0.4) is 0 Å². The van der Waals surface area contributed by atoms with Gasteiger partial charge in [-0.15, -0.1) is 0 Å². The third kappa shape index (κ3) is 7.15. The second kappa shape index (κ2) is 12.5. The summed E-state index contributed by atoms with van der Waals surface area (Å²) in [5.74, 6) is 0.250. The van der Waals surface area contributed by atoms with Crippen LogP contribution in [0.4, 0.5) is 0 Å². The maximum atomic E-state index is 13.1. The van der Waals surface area contributed by atoms with Crippen LogP contribution in [0.2, 0.25) is 0 Å². The minimum Gasteiger partial charge on any atom is -0.497 e. The third-order valence-corrected chi connectivity index (χ3v) is 8.10. The van der Waals surface area contributed by atoms with E-state index in [1.54, 1.807) is 19.1 Å². The van der Waals surface area contributed by atoms with Gasteiger partial charge in [-0.2, -0.15) is 0 Å². The monoisotopic (exact) mass is 514 g/mol. The van der Waals surface area contributed by atoms with Crippen molar-refractivity contribution in [2.24, 2.45) is 0 Å². The first-order chi connectivity index (χ1) is 17.1. The molecule has 1 unspecified atom stereocenters. The van der Waals surface area contributed by atoms with E-state index in [4.69, 9.17) is 4.74 Å². The molecule has 3 rings (SSSR count). The molecule has 0 saturated heterocycles. The molecule has 196 valence electrons. The molecule has 9 heteroatoms. The molecule has 8 nitrogen and oxygen atoms in total. The first-order valence-corrected chi connectivity index (χ1v) is 13.3. The number of benzene rings is 2. The van der Waals surface area contributed by atoms with Crippen LogP contribution in [0, 0.1) is 13.8 Å². The van der Waals surface area contributed by atoms with E-state index in [1.165, 1.54) is 21.0 Å². The minimum absolute atomic E-state index is 0.0739. The van der Waals surface area contributed by atoms with Crippen molar-refractivity contribution in [3.05, 3.63) is 58.1 Å². The fraction of sp³-hybridized carbons (Fsp3) is 0.481. The van der Waals surface area contributed by atoms with E-state index in [0.717, 1.165) is 30.5 Å². The van der Waals surface area contributed by atoms with Gasteiger partial charge in [0.05, 0.1) is 25.1 Å². The van der Waals surface area contributed by atoms with E-state index in [0.29, 0.717) is 23.7 Å². The van der Waals surface area contributed by atoms with Gasteiger partial charge < -0.3 is 19.9 Å². The molecule has 2 aromatic carbocycles. The number of hydrogen-bond acceptors (Lipinski definition) is 5. The molecule has 2 aromatic rings. The smallest absolute Gasteiger partial charge is 0.242 e. The van der Waals surface area contributed by atoms with Gasteiger partial charge in [-0.25, -0.2) is 8.51 Å². The molecular weight excluding hydrogens is 476 g/mol. The highest BCUT2D eigenvalue weighted by Crippen LogP contribution is 2.25. The topological polar surface area (TPSA) is 82.2 Å². The fourth-order valence-corrected chi connectivity index (χ4v) is 5.61. The molecule has 0 aromatic heterocycles. The molecule has 36 heavy (non-hydrogen) atoms. The highest BCUT2D eigenvalue weighted by Gasteiger charge is 2.23. The zero-order valence-electron chi connectivity index (χ0n) is 22.2. The van der Waals surface area contributed by atoms with Crippen LogP contribution in [0.1, 0.15) is 27.8 Å². The zero-order chi connectivity index (χ0) is 26.4. The predicted octanol–water partition coefficient (Wildman–Crippen LogP) is 2.07. The number of fused-ring (bicyclic) bond motifs is 1. The van der Waals surface area contributed by atoms with Gasteiger partial charge in [0.2, 0.25) is 11.8 Å². The van der Waals surface area contributed by atoms with Gasteiger partial charge in [-0.3, -0.25) is 9.59 Å². The van der Waals surface area contributed by atoms with Crippen molar-refractivity contribution >= 4 is 22.8 Å². The Balaban J connectivity index is 1.52. The summed E-state index contributed by atoms with van der Waals surface area (Å²) in [4.78, 5) is 30.0. The predicted molar refractivity (Wildman–Crippen MR) is 142 cm³/mol. The number of carbonyl (C=O) groups is 2. The van der Waals surface area contributed by atoms with Crippen molar-refractivity contribution in [1.82, 2.24) is 19.4 Å². The van der Waals surface area contributed by atoms with E-state index in [2.05, 4.69) is 42.5 Å². The molecule has 0 aliphatic carbocycles. The molecule has 0 bridgehead atoms. The number of aryl methyl sites for hydroxylation is 2. The second-order valence-corrected chi connectivity index (χ2v) is 11.2. The van der Waals surface area contributed by atoms with Gasteiger partial charge in [-0.05, 0) is 80.7 Å². The number of methoxy groups -OCH3 is 1. The molecule has 2 amide bonds. The molecule has 1 aliphatic rings. The molecular formula is C27H38N4O4S. The average Bonchev–Trinajstić information content (AvgIpc) is 2.84. The summed E-state index contributed by atoms with van der Waals surface area (Å²) in [6.45, 7) is 5.76. The lowest BCUT2D eigenvalue weighted by atomic mass is 9.96. The van der Waals surface area contributed by atoms with Gasteiger partial charge >= 0.3 is 0 Å². The fourth-order valence-electron chi connectivity index (χ4n) is 4.39. The number of amides is 2. The van der Waals surface area contributed by atoms with Gasteiger partial charge in [-0.1, -0.05) is 18.2 Å². The molecule has 1 atom stereocenters. The van der Waals surface area contributed by atoms with E-state index < -0.39 is 11.0 Å². The van der Waals surface area contributed by atoms with Crippen molar-refractivity contribution in [1.29, 1.82) is 0 Å². The highest BCUT2D eigenvalue weighted by atomic mass is 32.2. The summed E-state index contributed by atoms with van der Waals surface area (Å²) in [5.41, 5.74) is 5.40. The van der Waals surface area contributed by atoms with Crippen LogP contribution in [-0.2, 0) is 40.0 Å². The van der Waals surface area contributed by atoms with Crippen LogP contribution >= 0.6 is 0 Å². The van der Waals surface area contributed by atoms with Crippen molar-refractivity contribution in [2.45, 2.75) is 38.1 Å². The lowest BCUT2D eigenvalue weighted by molar-refractivity contribution is -0.133. The average molecular weight is 515 g/mol. The molecule has 0 saturated carbocycles. The van der Waals surface area contributed by atoms with Gasteiger partial charge in [0.15, 0.2) is 0 Å². The highest BCUT2D eigenvalue weighted by molar-refractivity contribution is 7.82. The summed E-state index contributed by atoms with van der Waals surface area (Å²) < 4.78 is 19.8. The lowest BCUT2D eigenvalue weighted by Crippen LogP contribution is -2.44. The van der Waals surface area contributed by atoms with Crippen LogP contribution in [0.25, 0.3) is 0 Å². The molecule has 0 radical (unpaired) electrons. The molecule has 1 N–H and O–H groups in total. The second-order valence-electron chi connectivity index (χ2n) is 9.62. The Kier molecular flexibility index (Phi) is 9.64. The van der Waals surface area contributed by atoms with Gasteiger partial charge in [0, 0.05) is 26.7 Å². The van der Waals surface area contributed by atoms with Crippen molar-refractivity contribution in [3.63, 3.8) is 0 Å². The molecule has 0 spiro atoms. The standard InChI is InChI=1S/C27H38N4O4S/c1-19-13-24(35-6)14-20(2)27(19)36(34)30(5)18-25(32)28-16-26(33)31-12-10-22-8-7-21(9-11-29(3)4)15-23(22)17-31/h7-8,13-15H,9-12,16-18H2,1-6H3,(H,28,32). The van der Waals surface area contributed by atoms with Crippen molar-refractivity contribution in [2.75, 3.05) is 54.4 Å². The zero-order valence-corrected chi connectivity index (χ0v) is 23.0. The number of nitrogens with one attached hydrogen (secondary N) is 1. The lowest BCUT2D eigenvalue weighted by Gasteiger charge is -2.29. The Labute approximate surface area is 217 Å². The molecule has 0 fully saturated rings. The number of likely N-dealkylation sites (N-methyl/N-ethyl adjacent to an activating group) is 2. The number of carbonyl (C=O) groups excluding carboxylic acids is 2. The minimum atomic E-state index is -1.51. The summed E-state index contributed by atoms with van der Waals surface area (Å²) in [5, 5.41) is 2.70. The number of hydrogen-bond donors (Lipinski definition) is 1. The first-order valence-electron chi connectivity index (χ1n) is 12.2. The molecule has 1 aliphatic heterocycles. The van der Waals surface area contributed by atoms with Crippen LogP contribution in [0.15, 0.2) is 35.2 Å². The van der Waals surface area contributed by atoms with E-state index in [-0.39, 0.29) is 24.9 Å². The Morgan fingerprint density at radius 2 is 1.78 bits per heavy atom. The van der Waals surface area contributed by atoms with Crippen LogP contribution in [-0.4, -0.2) is 84.6 Å². The quantitative estimate of drug-likeness (QED) is 0.525. The Morgan fingerprint density at radius 3 is 2.42 bits per heavy atom. The third-order valence-electron chi connectivity index (χ3n) is 6.41. The largest absolute Gasteiger partial charge is 0.497 e. The summed E-state index contributed by atoms with van der Waals surface area (Å²) in [6.07, 6.45) is 1.78. The maximum Gasteiger partial charge on any atom is 0.242 e. The number of ether oxygens (including phenoxy) is 1. The molecule has 1 heterocycles. The van der Waals surface area contributed by atoms with Crippen LogP contribution < -0.4 is 10.1 Å². The van der Waals surface area contributed by atoms with Crippen LogP contribution in [0.5, 0.6) is 5.75 Å². The van der Waals surface area contributed by atoms with E-state index >= 15 is 0 Å². The number of rotatable bonds is 10. The SMILES string of the molecule is COc1cc(C)c(S(=O)N(C)CC(=O)NCC(=O)N2CCc3ccc(CCN(C)C)cc3C2)c(C)c1.